The van der Waals surface area contributed by atoms with E-state index in [1.807, 2.05) is 12.1 Å². The van der Waals surface area contributed by atoms with Crippen LogP contribution < -0.4 is 9.47 Å². The lowest BCUT2D eigenvalue weighted by Gasteiger charge is -2.09. The van der Waals surface area contributed by atoms with Gasteiger partial charge in [0.1, 0.15) is 0 Å². The van der Waals surface area contributed by atoms with E-state index in [-0.39, 0.29) is 11.7 Å². The molecule has 1 atom stereocenters. The molecule has 1 aliphatic carbocycles. The van der Waals surface area contributed by atoms with Gasteiger partial charge in [0.15, 0.2) is 17.3 Å². The van der Waals surface area contributed by atoms with E-state index in [4.69, 9.17) is 9.47 Å². The lowest BCUT2D eigenvalue weighted by molar-refractivity contribution is 0.0929. The average molecular weight is 248 g/mol. The summed E-state index contributed by atoms with van der Waals surface area (Å²) in [6, 6.07) is 3.76. The molecule has 0 heterocycles. The predicted molar refractivity (Wildman–Crippen MR) is 70.6 cm³/mol. The van der Waals surface area contributed by atoms with Crippen molar-refractivity contribution in [2.45, 2.75) is 32.6 Å². The fourth-order valence-corrected chi connectivity index (χ4v) is 2.58. The van der Waals surface area contributed by atoms with Crippen molar-refractivity contribution in [1.82, 2.24) is 0 Å². The van der Waals surface area contributed by atoms with E-state index in [2.05, 4.69) is 6.92 Å². The highest BCUT2D eigenvalue weighted by atomic mass is 16.5. The molecule has 3 heteroatoms. The van der Waals surface area contributed by atoms with Crippen LogP contribution in [0.2, 0.25) is 0 Å². The maximum absolute atomic E-state index is 12.3. The molecule has 0 radical (unpaired) electrons. The fourth-order valence-electron chi connectivity index (χ4n) is 2.58. The highest BCUT2D eigenvalue weighted by Crippen LogP contribution is 2.37. The zero-order chi connectivity index (χ0) is 13.1. The number of rotatable bonds is 5. The van der Waals surface area contributed by atoms with Crippen LogP contribution in [0.4, 0.5) is 0 Å². The molecule has 2 rings (SSSR count). The Labute approximate surface area is 108 Å². The van der Waals surface area contributed by atoms with Gasteiger partial charge in [-0.15, -0.1) is 0 Å². The SMILES string of the molecule is CCCCC1Cc2cc(OC)c(OC)cc2C1=O. The van der Waals surface area contributed by atoms with Gasteiger partial charge in [-0.25, -0.2) is 0 Å². The van der Waals surface area contributed by atoms with Crippen LogP contribution in [-0.2, 0) is 6.42 Å². The minimum absolute atomic E-state index is 0.150. The van der Waals surface area contributed by atoms with E-state index < -0.39 is 0 Å². The van der Waals surface area contributed by atoms with Gasteiger partial charge in [-0.2, -0.15) is 0 Å². The zero-order valence-electron chi connectivity index (χ0n) is 11.3. The van der Waals surface area contributed by atoms with Gasteiger partial charge < -0.3 is 9.47 Å². The third-order valence-electron chi connectivity index (χ3n) is 3.62. The fraction of sp³-hybridized carbons (Fsp3) is 0.533. The molecule has 1 aromatic rings. The van der Waals surface area contributed by atoms with Crippen LogP contribution in [0.3, 0.4) is 0 Å². The van der Waals surface area contributed by atoms with Gasteiger partial charge in [0, 0.05) is 11.5 Å². The first kappa shape index (κ1) is 12.9. The van der Waals surface area contributed by atoms with Crippen LogP contribution in [0.1, 0.15) is 42.1 Å². The van der Waals surface area contributed by atoms with Gasteiger partial charge in [-0.1, -0.05) is 19.8 Å². The Bertz CT molecular complexity index is 451. The largest absolute Gasteiger partial charge is 0.493 e. The summed E-state index contributed by atoms with van der Waals surface area (Å²) in [5.74, 6) is 1.76. The molecular formula is C15H20O3. The topological polar surface area (TPSA) is 35.5 Å². The monoisotopic (exact) mass is 248 g/mol. The van der Waals surface area contributed by atoms with Gasteiger partial charge in [0.25, 0.3) is 0 Å². The maximum atomic E-state index is 12.3. The Hall–Kier alpha value is -1.51. The Kier molecular flexibility index (Phi) is 3.90. The predicted octanol–water partition coefficient (Wildman–Crippen LogP) is 3.25. The van der Waals surface area contributed by atoms with E-state index in [0.29, 0.717) is 11.5 Å². The summed E-state index contributed by atoms with van der Waals surface area (Å²) < 4.78 is 10.5. The molecule has 0 aliphatic heterocycles. The van der Waals surface area contributed by atoms with Crippen LogP contribution in [-0.4, -0.2) is 20.0 Å². The molecule has 1 aliphatic rings. The molecule has 0 spiro atoms. The molecule has 0 fully saturated rings. The molecule has 0 N–H and O–H groups in total. The van der Waals surface area contributed by atoms with Crippen molar-refractivity contribution in [2.24, 2.45) is 5.92 Å². The molecule has 0 bridgehead atoms. The lowest BCUT2D eigenvalue weighted by atomic mass is 9.98. The smallest absolute Gasteiger partial charge is 0.166 e. The van der Waals surface area contributed by atoms with Gasteiger partial charge in [-0.3, -0.25) is 4.79 Å². The summed E-state index contributed by atoms with van der Waals surface area (Å²) in [6.07, 6.45) is 4.06. The summed E-state index contributed by atoms with van der Waals surface area (Å²) >= 11 is 0. The molecule has 0 saturated heterocycles. The number of ether oxygens (including phenoxy) is 2. The number of hydrogen-bond acceptors (Lipinski definition) is 3. The van der Waals surface area contributed by atoms with E-state index in [1.54, 1.807) is 14.2 Å². The van der Waals surface area contributed by atoms with Crippen LogP contribution >= 0.6 is 0 Å². The van der Waals surface area contributed by atoms with Crippen molar-refractivity contribution >= 4 is 5.78 Å². The second kappa shape index (κ2) is 5.42. The number of Topliss-reactive ketones (excluding diaryl/α,β-unsaturated/α-hetero) is 1. The first-order valence-electron chi connectivity index (χ1n) is 6.50. The minimum Gasteiger partial charge on any atom is -0.493 e. The second-order valence-corrected chi connectivity index (χ2v) is 4.77. The second-order valence-electron chi connectivity index (χ2n) is 4.77. The van der Waals surface area contributed by atoms with Gasteiger partial charge >= 0.3 is 0 Å². The molecule has 18 heavy (non-hydrogen) atoms. The zero-order valence-corrected chi connectivity index (χ0v) is 11.3. The van der Waals surface area contributed by atoms with Gasteiger partial charge in [0.2, 0.25) is 0 Å². The molecule has 1 unspecified atom stereocenters. The van der Waals surface area contributed by atoms with Crippen molar-refractivity contribution in [3.63, 3.8) is 0 Å². The number of fused-ring (bicyclic) bond motifs is 1. The van der Waals surface area contributed by atoms with E-state index in [0.717, 1.165) is 36.8 Å². The summed E-state index contributed by atoms with van der Waals surface area (Å²) in [7, 11) is 3.22. The lowest BCUT2D eigenvalue weighted by Crippen LogP contribution is -2.08. The van der Waals surface area contributed by atoms with Crippen LogP contribution in [0.25, 0.3) is 0 Å². The normalized spacial score (nSPS) is 17.7. The third kappa shape index (κ3) is 2.22. The number of carbonyl (C=O) groups is 1. The standard InChI is InChI=1S/C15H20O3/c1-4-5-6-10-7-11-8-13(17-2)14(18-3)9-12(11)15(10)16/h8-10H,4-7H2,1-3H3. The van der Waals surface area contributed by atoms with E-state index >= 15 is 0 Å². The van der Waals surface area contributed by atoms with Crippen molar-refractivity contribution in [1.29, 1.82) is 0 Å². The average Bonchev–Trinajstić information content (AvgIpc) is 2.71. The van der Waals surface area contributed by atoms with Gasteiger partial charge in [0.05, 0.1) is 14.2 Å². The summed E-state index contributed by atoms with van der Waals surface area (Å²) in [5.41, 5.74) is 1.91. The van der Waals surface area contributed by atoms with Crippen molar-refractivity contribution in [3.8, 4) is 11.5 Å². The quantitative estimate of drug-likeness (QED) is 0.802. The molecule has 0 amide bonds. The molecule has 98 valence electrons. The Morgan fingerprint density at radius 1 is 1.22 bits per heavy atom. The highest BCUT2D eigenvalue weighted by Gasteiger charge is 2.31. The van der Waals surface area contributed by atoms with Crippen LogP contribution in [0.15, 0.2) is 12.1 Å². The van der Waals surface area contributed by atoms with E-state index in [1.165, 1.54) is 0 Å². The summed E-state index contributed by atoms with van der Waals surface area (Å²) in [5, 5.41) is 0. The van der Waals surface area contributed by atoms with Crippen molar-refractivity contribution in [3.05, 3.63) is 23.3 Å². The minimum atomic E-state index is 0.150. The number of carbonyl (C=O) groups excluding carboxylic acids is 1. The highest BCUT2D eigenvalue weighted by molar-refractivity contribution is 6.02. The van der Waals surface area contributed by atoms with Crippen molar-refractivity contribution in [2.75, 3.05) is 14.2 Å². The maximum Gasteiger partial charge on any atom is 0.166 e. The molecule has 0 aromatic heterocycles. The first-order chi connectivity index (χ1) is 8.71. The van der Waals surface area contributed by atoms with Crippen molar-refractivity contribution < 1.29 is 14.3 Å². The van der Waals surface area contributed by atoms with Crippen LogP contribution in [0.5, 0.6) is 11.5 Å². The molecule has 1 aromatic carbocycles. The molecule has 3 nitrogen and oxygen atoms in total. The summed E-state index contributed by atoms with van der Waals surface area (Å²) in [6.45, 7) is 2.15. The Morgan fingerprint density at radius 3 is 2.50 bits per heavy atom. The number of unbranched alkanes of at least 4 members (excludes halogenated alkanes) is 1. The first-order valence-corrected chi connectivity index (χ1v) is 6.50. The number of ketones is 1. The molecular weight excluding hydrogens is 228 g/mol. The Morgan fingerprint density at radius 2 is 1.89 bits per heavy atom. The summed E-state index contributed by atoms with van der Waals surface area (Å²) in [4.78, 5) is 12.3. The number of benzene rings is 1. The van der Waals surface area contributed by atoms with E-state index in [9.17, 15) is 4.79 Å². The number of hydrogen-bond donors (Lipinski definition) is 0. The number of methoxy groups -OCH3 is 2. The van der Waals surface area contributed by atoms with Crippen LogP contribution in [0, 0.1) is 5.92 Å². The molecule has 0 saturated carbocycles. The Balaban J connectivity index is 2.28. The van der Waals surface area contributed by atoms with Gasteiger partial charge in [-0.05, 0) is 30.5 Å². The third-order valence-corrected chi connectivity index (χ3v) is 3.62.